The van der Waals surface area contributed by atoms with Gasteiger partial charge in [0.25, 0.3) is 5.56 Å². The van der Waals surface area contributed by atoms with E-state index in [1.807, 2.05) is 59.5 Å². The van der Waals surface area contributed by atoms with E-state index in [1.54, 1.807) is 9.47 Å². The zero-order chi connectivity index (χ0) is 22.6. The second kappa shape index (κ2) is 9.62. The summed E-state index contributed by atoms with van der Waals surface area (Å²) in [6.45, 7) is 4.04. The normalized spacial score (nSPS) is 18.6. The number of hydrogen-bond acceptors (Lipinski definition) is 5. The van der Waals surface area contributed by atoms with E-state index >= 15 is 0 Å². The quantitative estimate of drug-likeness (QED) is 0.650. The van der Waals surface area contributed by atoms with Crippen LogP contribution in [0.25, 0.3) is 11.0 Å². The summed E-state index contributed by atoms with van der Waals surface area (Å²) in [6.07, 6.45) is 2.18. The molecule has 2 amide bonds. The Morgan fingerprint density at radius 3 is 2.55 bits per heavy atom. The summed E-state index contributed by atoms with van der Waals surface area (Å²) >= 11 is 0. The van der Waals surface area contributed by atoms with Gasteiger partial charge in [0.05, 0.1) is 23.7 Å². The molecule has 3 heterocycles. The lowest BCUT2D eigenvalue weighted by Gasteiger charge is -2.35. The number of nitrogens with one attached hydrogen (secondary N) is 1. The fourth-order valence-corrected chi connectivity index (χ4v) is 4.55. The molecule has 33 heavy (non-hydrogen) atoms. The molecule has 0 bridgehead atoms. The highest BCUT2D eigenvalue weighted by Gasteiger charge is 2.25. The molecule has 172 valence electrons. The second-order valence-electron chi connectivity index (χ2n) is 8.60. The molecule has 1 unspecified atom stereocenters. The largest absolute Gasteiger partial charge is 0.376 e. The molecule has 2 aromatic carbocycles. The Balaban J connectivity index is 1.32. The Morgan fingerprint density at radius 2 is 1.79 bits per heavy atom. The summed E-state index contributed by atoms with van der Waals surface area (Å²) in [5.74, 6) is 0.448. The van der Waals surface area contributed by atoms with Crippen LogP contribution in [0.4, 0.5) is 10.6 Å². The minimum absolute atomic E-state index is 0.0712. The number of amides is 2. The molecule has 0 aliphatic carbocycles. The Hall–Kier alpha value is -3.39. The average Bonchev–Trinajstić information content (AvgIpc) is 3.39. The minimum atomic E-state index is -0.103. The first-order chi connectivity index (χ1) is 16.2. The minimum Gasteiger partial charge on any atom is -0.376 e. The van der Waals surface area contributed by atoms with Crippen LogP contribution in [-0.4, -0.2) is 65.9 Å². The highest BCUT2D eigenvalue weighted by Crippen LogP contribution is 2.17. The van der Waals surface area contributed by atoms with Crippen LogP contribution in [0.3, 0.4) is 0 Å². The summed E-state index contributed by atoms with van der Waals surface area (Å²) < 4.78 is 7.38. The van der Waals surface area contributed by atoms with Gasteiger partial charge in [0.2, 0.25) is 0 Å². The van der Waals surface area contributed by atoms with Crippen LogP contribution in [0.1, 0.15) is 18.4 Å². The number of rotatable bonds is 5. The average molecular weight is 448 g/mol. The standard InChI is InChI=1S/C25H29N5O3/c31-24-23(28-12-14-29(15-13-28)25(32)26-17-20-9-6-16-33-20)27-21-10-4-5-11-22(21)30(24)18-19-7-2-1-3-8-19/h1-5,7-8,10-11,20H,6,9,12-18H2,(H,26,32). The number of carbonyl (C=O) groups excluding carboxylic acids is 1. The first-order valence-corrected chi connectivity index (χ1v) is 11.6. The van der Waals surface area contributed by atoms with Crippen molar-refractivity contribution in [3.8, 4) is 0 Å². The third-order valence-electron chi connectivity index (χ3n) is 6.39. The topological polar surface area (TPSA) is 79.7 Å². The van der Waals surface area contributed by atoms with E-state index in [1.165, 1.54) is 0 Å². The Kier molecular flexibility index (Phi) is 6.26. The van der Waals surface area contributed by atoms with Crippen molar-refractivity contribution in [3.63, 3.8) is 0 Å². The van der Waals surface area contributed by atoms with Crippen LogP contribution in [0, 0.1) is 0 Å². The number of fused-ring (bicyclic) bond motifs is 1. The molecule has 5 rings (SSSR count). The van der Waals surface area contributed by atoms with E-state index < -0.39 is 0 Å². The summed E-state index contributed by atoms with van der Waals surface area (Å²) in [7, 11) is 0. The van der Waals surface area contributed by atoms with E-state index in [4.69, 9.17) is 9.72 Å². The number of aromatic nitrogens is 2. The van der Waals surface area contributed by atoms with Crippen LogP contribution < -0.4 is 15.8 Å². The maximum absolute atomic E-state index is 13.5. The van der Waals surface area contributed by atoms with Crippen molar-refractivity contribution >= 4 is 22.9 Å². The van der Waals surface area contributed by atoms with Crippen LogP contribution in [0.2, 0.25) is 0 Å². The fourth-order valence-electron chi connectivity index (χ4n) is 4.55. The molecule has 0 saturated carbocycles. The summed E-state index contributed by atoms with van der Waals surface area (Å²) in [5, 5.41) is 2.98. The van der Waals surface area contributed by atoms with Gasteiger partial charge in [0.1, 0.15) is 0 Å². The number of carbonyl (C=O) groups is 1. The molecule has 1 atom stereocenters. The monoisotopic (exact) mass is 447 g/mol. The molecule has 1 aromatic heterocycles. The Morgan fingerprint density at radius 1 is 1.03 bits per heavy atom. The van der Waals surface area contributed by atoms with E-state index in [-0.39, 0.29) is 17.7 Å². The molecule has 0 spiro atoms. The van der Waals surface area contributed by atoms with Crippen molar-refractivity contribution < 1.29 is 9.53 Å². The number of anilines is 1. The highest BCUT2D eigenvalue weighted by molar-refractivity contribution is 5.77. The summed E-state index contributed by atoms with van der Waals surface area (Å²) in [6, 6.07) is 17.6. The van der Waals surface area contributed by atoms with E-state index in [2.05, 4.69) is 5.32 Å². The van der Waals surface area contributed by atoms with Crippen molar-refractivity contribution in [2.75, 3.05) is 44.2 Å². The first-order valence-electron chi connectivity index (χ1n) is 11.6. The Labute approximate surface area is 192 Å². The Bertz CT molecular complexity index is 1170. The first kappa shape index (κ1) is 21.5. The number of hydrogen-bond donors (Lipinski definition) is 1. The number of nitrogens with zero attached hydrogens (tertiary/aromatic N) is 4. The fraction of sp³-hybridized carbons (Fsp3) is 0.400. The molecular weight excluding hydrogens is 418 g/mol. The molecule has 8 heteroatoms. The van der Waals surface area contributed by atoms with Crippen LogP contribution in [0.15, 0.2) is 59.4 Å². The molecule has 2 aliphatic heterocycles. The van der Waals surface area contributed by atoms with Crippen molar-refractivity contribution in [2.24, 2.45) is 0 Å². The number of piperazine rings is 1. The lowest BCUT2D eigenvalue weighted by molar-refractivity contribution is 0.108. The molecule has 2 aliphatic rings. The molecular formula is C25H29N5O3. The molecule has 2 saturated heterocycles. The van der Waals surface area contributed by atoms with Crippen LogP contribution >= 0.6 is 0 Å². The smallest absolute Gasteiger partial charge is 0.317 e. The van der Waals surface area contributed by atoms with Gasteiger partial charge in [-0.1, -0.05) is 42.5 Å². The molecule has 1 N–H and O–H groups in total. The zero-order valence-corrected chi connectivity index (χ0v) is 18.7. The van der Waals surface area contributed by atoms with Gasteiger partial charge in [-0.25, -0.2) is 9.78 Å². The van der Waals surface area contributed by atoms with E-state index in [0.29, 0.717) is 45.1 Å². The number of benzene rings is 2. The van der Waals surface area contributed by atoms with Crippen LogP contribution in [0.5, 0.6) is 0 Å². The maximum Gasteiger partial charge on any atom is 0.317 e. The lowest BCUT2D eigenvalue weighted by Crippen LogP contribution is -2.53. The van der Waals surface area contributed by atoms with Gasteiger partial charge in [0.15, 0.2) is 5.82 Å². The third kappa shape index (κ3) is 4.71. The molecule has 3 aromatic rings. The maximum atomic E-state index is 13.5. The van der Waals surface area contributed by atoms with Gasteiger partial charge in [0, 0.05) is 39.3 Å². The van der Waals surface area contributed by atoms with E-state index in [9.17, 15) is 9.59 Å². The van der Waals surface area contributed by atoms with Gasteiger partial charge < -0.3 is 19.9 Å². The van der Waals surface area contributed by atoms with Gasteiger partial charge >= 0.3 is 6.03 Å². The number of urea groups is 1. The summed E-state index contributed by atoms with van der Waals surface area (Å²) in [4.78, 5) is 34.6. The molecule has 2 fully saturated rings. The SMILES string of the molecule is O=C(NCC1CCCO1)N1CCN(c2nc3ccccc3n(Cc3ccccc3)c2=O)CC1. The molecule has 8 nitrogen and oxygen atoms in total. The van der Waals surface area contributed by atoms with E-state index in [0.717, 1.165) is 36.0 Å². The van der Waals surface area contributed by atoms with Gasteiger partial charge in [-0.3, -0.25) is 9.36 Å². The van der Waals surface area contributed by atoms with Crippen LogP contribution in [-0.2, 0) is 11.3 Å². The number of ether oxygens (including phenoxy) is 1. The van der Waals surface area contributed by atoms with Crippen molar-refractivity contribution in [2.45, 2.75) is 25.5 Å². The third-order valence-corrected chi connectivity index (χ3v) is 6.39. The van der Waals surface area contributed by atoms with Gasteiger partial charge in [-0.15, -0.1) is 0 Å². The lowest BCUT2D eigenvalue weighted by atomic mass is 10.2. The summed E-state index contributed by atoms with van der Waals surface area (Å²) in [5.41, 5.74) is 2.57. The van der Waals surface area contributed by atoms with Crippen molar-refractivity contribution in [3.05, 3.63) is 70.5 Å². The van der Waals surface area contributed by atoms with Crippen molar-refractivity contribution in [1.82, 2.24) is 19.8 Å². The van der Waals surface area contributed by atoms with Gasteiger partial charge in [-0.2, -0.15) is 0 Å². The number of para-hydroxylation sites is 2. The van der Waals surface area contributed by atoms with Crippen molar-refractivity contribution in [1.29, 1.82) is 0 Å². The molecule has 0 radical (unpaired) electrons. The predicted octanol–water partition coefficient (Wildman–Crippen LogP) is 2.46. The zero-order valence-electron chi connectivity index (χ0n) is 18.7. The second-order valence-corrected chi connectivity index (χ2v) is 8.60. The highest BCUT2D eigenvalue weighted by atomic mass is 16.5. The van der Waals surface area contributed by atoms with Gasteiger partial charge in [-0.05, 0) is 30.5 Å². The predicted molar refractivity (Wildman–Crippen MR) is 128 cm³/mol.